The predicted octanol–water partition coefficient (Wildman–Crippen LogP) is 4.33. The quantitative estimate of drug-likeness (QED) is 0.802. The molecular weight excluding hydrogens is 335 g/mol. The third kappa shape index (κ3) is 4.12. The number of hydrogen-bond acceptors (Lipinski definition) is 4. The Morgan fingerprint density at radius 2 is 2.00 bits per heavy atom. The molecule has 1 aliphatic heterocycles. The molecule has 6 heteroatoms. The Kier molecular flexibility index (Phi) is 4.85. The van der Waals surface area contributed by atoms with E-state index in [1.165, 1.54) is 12.1 Å². The molecule has 0 fully saturated rings. The normalized spacial score (nSPS) is 16.7. The van der Waals surface area contributed by atoms with Gasteiger partial charge in [-0.2, -0.15) is 0 Å². The van der Waals surface area contributed by atoms with Gasteiger partial charge in [-0.1, -0.05) is 12.1 Å². The molecule has 26 heavy (non-hydrogen) atoms. The van der Waals surface area contributed by atoms with Crippen molar-refractivity contribution in [3.63, 3.8) is 0 Å². The van der Waals surface area contributed by atoms with Crippen molar-refractivity contribution in [1.29, 1.82) is 0 Å². The van der Waals surface area contributed by atoms with Gasteiger partial charge >= 0.3 is 6.09 Å². The number of benzene rings is 1. The number of amides is 1. The molecule has 2 heterocycles. The molecule has 0 saturated carbocycles. The number of hydrogen-bond donors (Lipinski definition) is 0. The van der Waals surface area contributed by atoms with Gasteiger partial charge in [0, 0.05) is 6.20 Å². The minimum atomic E-state index is -0.589. The highest BCUT2D eigenvalue weighted by atomic mass is 19.1. The van der Waals surface area contributed by atoms with Crippen LogP contribution in [-0.4, -0.2) is 29.3 Å². The van der Waals surface area contributed by atoms with Crippen LogP contribution in [0.25, 0.3) is 0 Å². The van der Waals surface area contributed by atoms with Gasteiger partial charge in [0.25, 0.3) is 0 Å². The number of rotatable bonds is 2. The number of pyridine rings is 1. The Morgan fingerprint density at radius 1 is 1.31 bits per heavy atom. The summed E-state index contributed by atoms with van der Waals surface area (Å²) in [7, 11) is 0. The topological polar surface area (TPSA) is 51.7 Å². The third-order valence-electron chi connectivity index (χ3n) is 3.96. The van der Waals surface area contributed by atoms with Crippen LogP contribution in [0.3, 0.4) is 0 Å². The molecule has 1 amide bonds. The second kappa shape index (κ2) is 6.94. The van der Waals surface area contributed by atoms with Crippen molar-refractivity contribution in [3.8, 4) is 5.88 Å². The summed E-state index contributed by atoms with van der Waals surface area (Å²) in [5.74, 6) is 0.146. The van der Waals surface area contributed by atoms with Crippen LogP contribution >= 0.6 is 0 Å². The highest BCUT2D eigenvalue weighted by Crippen LogP contribution is 2.34. The molecule has 1 aromatic carbocycles. The number of ether oxygens (including phenoxy) is 2. The highest BCUT2D eigenvalue weighted by Gasteiger charge is 2.33. The first-order valence-electron chi connectivity index (χ1n) is 8.61. The zero-order valence-corrected chi connectivity index (χ0v) is 15.5. The summed E-state index contributed by atoms with van der Waals surface area (Å²) in [4.78, 5) is 18.6. The Morgan fingerprint density at radius 3 is 2.65 bits per heavy atom. The standard InChI is InChI=1S/C20H23FN2O3/c1-13-12-25-18-17(23(13)19(24)26-20(2,3)4)10-15(11-22-18)9-14-5-7-16(21)8-6-14/h5-8,10-11,13H,9,12H2,1-4H3. The van der Waals surface area contributed by atoms with Crippen molar-refractivity contribution >= 4 is 11.8 Å². The number of aromatic nitrogens is 1. The molecule has 3 rings (SSSR count). The average Bonchev–Trinajstić information content (AvgIpc) is 2.55. The zero-order valence-electron chi connectivity index (χ0n) is 15.5. The van der Waals surface area contributed by atoms with Gasteiger partial charge in [-0.15, -0.1) is 0 Å². The van der Waals surface area contributed by atoms with Gasteiger partial charge in [0.05, 0.1) is 6.04 Å². The van der Waals surface area contributed by atoms with E-state index in [9.17, 15) is 9.18 Å². The van der Waals surface area contributed by atoms with Gasteiger partial charge in [0.1, 0.15) is 23.7 Å². The average molecular weight is 358 g/mol. The predicted molar refractivity (Wildman–Crippen MR) is 97.1 cm³/mol. The molecule has 0 aliphatic carbocycles. The summed E-state index contributed by atoms with van der Waals surface area (Å²) in [5, 5.41) is 0. The summed E-state index contributed by atoms with van der Waals surface area (Å²) in [5.41, 5.74) is 1.87. The second-order valence-electron chi connectivity index (χ2n) is 7.48. The molecular formula is C20H23FN2O3. The van der Waals surface area contributed by atoms with E-state index in [1.54, 1.807) is 23.2 Å². The van der Waals surface area contributed by atoms with E-state index in [4.69, 9.17) is 9.47 Å². The first kappa shape index (κ1) is 18.2. The Bertz CT molecular complexity index is 800. The number of carbonyl (C=O) groups is 1. The Labute approximate surface area is 152 Å². The van der Waals surface area contributed by atoms with Crippen LogP contribution in [0.2, 0.25) is 0 Å². The molecule has 2 aromatic rings. The lowest BCUT2D eigenvalue weighted by Crippen LogP contribution is -2.47. The molecule has 5 nitrogen and oxygen atoms in total. The van der Waals surface area contributed by atoms with Crippen LogP contribution in [-0.2, 0) is 11.2 Å². The maximum Gasteiger partial charge on any atom is 0.415 e. The fourth-order valence-corrected chi connectivity index (χ4v) is 2.80. The van der Waals surface area contributed by atoms with E-state index >= 15 is 0 Å². The third-order valence-corrected chi connectivity index (χ3v) is 3.96. The Hall–Kier alpha value is -2.63. The largest absolute Gasteiger partial charge is 0.474 e. The van der Waals surface area contributed by atoms with Crippen molar-refractivity contribution < 1.29 is 18.7 Å². The van der Waals surface area contributed by atoms with Crippen molar-refractivity contribution in [1.82, 2.24) is 4.98 Å². The Balaban J connectivity index is 1.89. The van der Waals surface area contributed by atoms with Crippen LogP contribution in [0.4, 0.5) is 14.9 Å². The number of nitrogens with zero attached hydrogens (tertiary/aromatic N) is 2. The first-order valence-corrected chi connectivity index (χ1v) is 8.61. The molecule has 138 valence electrons. The lowest BCUT2D eigenvalue weighted by molar-refractivity contribution is 0.0546. The fourth-order valence-electron chi connectivity index (χ4n) is 2.80. The van der Waals surface area contributed by atoms with Gasteiger partial charge < -0.3 is 9.47 Å². The summed E-state index contributed by atoms with van der Waals surface area (Å²) >= 11 is 0. The fraction of sp³-hybridized carbons (Fsp3) is 0.400. The van der Waals surface area contributed by atoms with E-state index in [0.717, 1.165) is 11.1 Å². The maximum atomic E-state index is 13.1. The van der Waals surface area contributed by atoms with Gasteiger partial charge in [-0.05, 0) is 63.4 Å². The summed E-state index contributed by atoms with van der Waals surface area (Å²) in [6, 6.07) is 8.04. The highest BCUT2D eigenvalue weighted by molar-refractivity contribution is 5.90. The van der Waals surface area contributed by atoms with E-state index in [0.29, 0.717) is 24.6 Å². The van der Waals surface area contributed by atoms with Crippen LogP contribution in [0.5, 0.6) is 5.88 Å². The molecule has 0 spiro atoms. The van der Waals surface area contributed by atoms with E-state index in [-0.39, 0.29) is 11.9 Å². The van der Waals surface area contributed by atoms with Crippen molar-refractivity contribution in [2.45, 2.75) is 45.8 Å². The van der Waals surface area contributed by atoms with Crippen molar-refractivity contribution in [2.75, 3.05) is 11.5 Å². The molecule has 0 N–H and O–H groups in total. The zero-order chi connectivity index (χ0) is 18.9. The summed E-state index contributed by atoms with van der Waals surface area (Å²) in [6.07, 6.45) is 1.87. The minimum absolute atomic E-state index is 0.166. The van der Waals surface area contributed by atoms with E-state index in [2.05, 4.69) is 4.98 Å². The van der Waals surface area contributed by atoms with Gasteiger partial charge in [-0.3, -0.25) is 4.90 Å². The smallest absolute Gasteiger partial charge is 0.415 e. The monoisotopic (exact) mass is 358 g/mol. The molecule has 1 aromatic heterocycles. The lowest BCUT2D eigenvalue weighted by atomic mass is 10.1. The number of carbonyl (C=O) groups excluding carboxylic acids is 1. The van der Waals surface area contributed by atoms with Gasteiger partial charge in [0.15, 0.2) is 0 Å². The molecule has 0 saturated heterocycles. The van der Waals surface area contributed by atoms with Crippen LogP contribution in [0.15, 0.2) is 36.5 Å². The van der Waals surface area contributed by atoms with Crippen LogP contribution in [0, 0.1) is 5.82 Å². The minimum Gasteiger partial charge on any atom is -0.474 e. The maximum absolute atomic E-state index is 13.1. The number of fused-ring (bicyclic) bond motifs is 1. The van der Waals surface area contributed by atoms with Crippen LogP contribution in [0.1, 0.15) is 38.8 Å². The number of anilines is 1. The second-order valence-corrected chi connectivity index (χ2v) is 7.48. The van der Waals surface area contributed by atoms with Crippen molar-refractivity contribution in [2.24, 2.45) is 0 Å². The number of halogens is 1. The van der Waals surface area contributed by atoms with Crippen LogP contribution < -0.4 is 9.64 Å². The SMILES string of the molecule is CC1COc2ncc(Cc3ccc(F)cc3)cc2N1C(=O)OC(C)(C)C. The van der Waals surface area contributed by atoms with E-state index in [1.807, 2.05) is 33.8 Å². The summed E-state index contributed by atoms with van der Waals surface area (Å²) < 4.78 is 24.3. The van der Waals surface area contributed by atoms with Gasteiger partial charge in [-0.25, -0.2) is 14.2 Å². The molecule has 1 unspecified atom stereocenters. The molecule has 0 bridgehead atoms. The van der Waals surface area contributed by atoms with Crippen molar-refractivity contribution in [3.05, 3.63) is 53.5 Å². The molecule has 1 atom stereocenters. The molecule has 1 aliphatic rings. The summed E-state index contributed by atoms with van der Waals surface area (Å²) in [6.45, 7) is 7.76. The van der Waals surface area contributed by atoms with Gasteiger partial charge in [0.2, 0.25) is 5.88 Å². The molecule has 0 radical (unpaired) electrons. The first-order chi connectivity index (χ1) is 12.2. The lowest BCUT2D eigenvalue weighted by Gasteiger charge is -2.35. The van der Waals surface area contributed by atoms with E-state index < -0.39 is 11.7 Å².